The zero-order chi connectivity index (χ0) is 26.5. The van der Waals surface area contributed by atoms with Crippen LogP contribution in [0.15, 0.2) is 66.7 Å². The van der Waals surface area contributed by atoms with Gasteiger partial charge in [-0.25, -0.2) is 4.39 Å². The molecule has 0 spiro atoms. The highest BCUT2D eigenvalue weighted by molar-refractivity contribution is 5.86. The van der Waals surface area contributed by atoms with E-state index >= 15 is 4.39 Å². The van der Waals surface area contributed by atoms with Gasteiger partial charge < -0.3 is 23.8 Å². The SMILES string of the molecule is COc1cc(N2CCC(C(OC)OC)CC2)c(F)cc1C1=CCCc2cc(OCc3ccccc3)ccc21. The van der Waals surface area contributed by atoms with Crippen molar-refractivity contribution in [3.05, 3.63) is 94.8 Å². The summed E-state index contributed by atoms with van der Waals surface area (Å²) < 4.78 is 38.4. The number of ether oxygens (including phenoxy) is 4. The fourth-order valence-electron chi connectivity index (χ4n) is 5.67. The van der Waals surface area contributed by atoms with Crippen LogP contribution in [0.3, 0.4) is 0 Å². The van der Waals surface area contributed by atoms with E-state index in [2.05, 4.69) is 35.2 Å². The zero-order valence-corrected chi connectivity index (χ0v) is 22.4. The van der Waals surface area contributed by atoms with Crippen LogP contribution in [0.5, 0.6) is 11.5 Å². The molecule has 1 heterocycles. The number of nitrogens with zero attached hydrogens (tertiary/aromatic N) is 1. The van der Waals surface area contributed by atoms with Gasteiger partial charge in [0.05, 0.1) is 12.8 Å². The van der Waals surface area contributed by atoms with E-state index in [1.807, 2.05) is 30.3 Å². The molecular formula is C32H36FNO4. The predicted molar refractivity (Wildman–Crippen MR) is 148 cm³/mol. The molecule has 2 aliphatic rings. The van der Waals surface area contributed by atoms with Gasteiger partial charge in [0.2, 0.25) is 0 Å². The Bertz CT molecular complexity index is 1260. The highest BCUT2D eigenvalue weighted by Gasteiger charge is 2.29. The molecule has 0 bridgehead atoms. The lowest BCUT2D eigenvalue weighted by Crippen LogP contribution is -2.39. The van der Waals surface area contributed by atoms with Crippen molar-refractivity contribution in [1.29, 1.82) is 0 Å². The molecule has 1 fully saturated rings. The summed E-state index contributed by atoms with van der Waals surface area (Å²) in [5, 5.41) is 0. The maximum Gasteiger partial charge on any atom is 0.159 e. The number of halogens is 1. The number of anilines is 1. The first-order valence-corrected chi connectivity index (χ1v) is 13.3. The number of methoxy groups -OCH3 is 3. The highest BCUT2D eigenvalue weighted by atomic mass is 19.1. The Morgan fingerprint density at radius 2 is 1.68 bits per heavy atom. The van der Waals surface area contributed by atoms with Crippen LogP contribution < -0.4 is 14.4 Å². The number of hydrogen-bond acceptors (Lipinski definition) is 5. The van der Waals surface area contributed by atoms with Gasteiger partial charge in [-0.1, -0.05) is 42.5 Å². The summed E-state index contributed by atoms with van der Waals surface area (Å²) in [5.41, 5.74) is 5.79. The van der Waals surface area contributed by atoms with E-state index in [1.54, 1.807) is 27.4 Å². The van der Waals surface area contributed by atoms with Crippen molar-refractivity contribution in [2.24, 2.45) is 5.92 Å². The number of hydrogen-bond donors (Lipinski definition) is 0. The second-order valence-electron chi connectivity index (χ2n) is 9.92. The summed E-state index contributed by atoms with van der Waals surface area (Å²) in [6.07, 6.45) is 5.52. The van der Waals surface area contributed by atoms with Crippen molar-refractivity contribution in [1.82, 2.24) is 0 Å². The summed E-state index contributed by atoms with van der Waals surface area (Å²) in [5.74, 6) is 1.59. The van der Waals surface area contributed by atoms with Gasteiger partial charge in [0.25, 0.3) is 0 Å². The van der Waals surface area contributed by atoms with Gasteiger partial charge in [0.15, 0.2) is 6.29 Å². The third kappa shape index (κ3) is 5.57. The Morgan fingerprint density at radius 3 is 2.39 bits per heavy atom. The lowest BCUT2D eigenvalue weighted by Gasteiger charge is -2.36. The second-order valence-corrected chi connectivity index (χ2v) is 9.92. The third-order valence-corrected chi connectivity index (χ3v) is 7.67. The van der Waals surface area contributed by atoms with Gasteiger partial charge >= 0.3 is 0 Å². The molecule has 38 heavy (non-hydrogen) atoms. The van der Waals surface area contributed by atoms with E-state index in [-0.39, 0.29) is 12.1 Å². The van der Waals surface area contributed by atoms with Crippen LogP contribution in [-0.4, -0.2) is 40.7 Å². The average Bonchev–Trinajstić information content (AvgIpc) is 2.97. The molecule has 1 aliphatic heterocycles. The van der Waals surface area contributed by atoms with Crippen LogP contribution in [0, 0.1) is 11.7 Å². The average molecular weight is 518 g/mol. The van der Waals surface area contributed by atoms with E-state index in [0.717, 1.165) is 66.8 Å². The van der Waals surface area contributed by atoms with Gasteiger partial charge in [-0.05, 0) is 66.1 Å². The van der Waals surface area contributed by atoms with E-state index < -0.39 is 0 Å². The number of rotatable bonds is 9. The first kappa shape index (κ1) is 26.3. The van der Waals surface area contributed by atoms with Gasteiger partial charge in [-0.2, -0.15) is 0 Å². The maximum atomic E-state index is 15.6. The highest BCUT2D eigenvalue weighted by Crippen LogP contribution is 2.41. The van der Waals surface area contributed by atoms with Crippen molar-refractivity contribution < 1.29 is 23.3 Å². The fraction of sp³-hybridized carbons (Fsp3) is 0.375. The topological polar surface area (TPSA) is 40.2 Å². The minimum Gasteiger partial charge on any atom is -0.496 e. The van der Waals surface area contributed by atoms with Gasteiger partial charge in [0.1, 0.15) is 23.9 Å². The summed E-state index contributed by atoms with van der Waals surface area (Å²) in [6.45, 7) is 2.01. The summed E-state index contributed by atoms with van der Waals surface area (Å²) in [7, 11) is 4.99. The number of piperidine rings is 1. The van der Waals surface area contributed by atoms with Crippen LogP contribution >= 0.6 is 0 Å². The number of allylic oxidation sites excluding steroid dienone is 1. The van der Waals surface area contributed by atoms with Crippen molar-refractivity contribution in [3.63, 3.8) is 0 Å². The molecule has 0 N–H and O–H groups in total. The number of fused-ring (bicyclic) bond motifs is 1. The second kappa shape index (κ2) is 12.0. The zero-order valence-electron chi connectivity index (χ0n) is 22.4. The summed E-state index contributed by atoms with van der Waals surface area (Å²) in [4.78, 5) is 2.10. The Morgan fingerprint density at radius 1 is 0.921 bits per heavy atom. The van der Waals surface area contributed by atoms with Crippen molar-refractivity contribution in [2.75, 3.05) is 39.3 Å². The number of aryl methyl sites for hydroxylation is 1. The first-order valence-electron chi connectivity index (χ1n) is 13.3. The molecule has 0 unspecified atom stereocenters. The van der Waals surface area contributed by atoms with Crippen molar-refractivity contribution >= 4 is 11.3 Å². The Kier molecular flexibility index (Phi) is 8.30. The molecule has 1 saturated heterocycles. The largest absolute Gasteiger partial charge is 0.496 e. The lowest BCUT2D eigenvalue weighted by atomic mass is 9.86. The van der Waals surface area contributed by atoms with Gasteiger partial charge in [0, 0.05) is 44.9 Å². The third-order valence-electron chi connectivity index (χ3n) is 7.67. The van der Waals surface area contributed by atoms with Crippen LogP contribution in [-0.2, 0) is 22.5 Å². The van der Waals surface area contributed by atoms with Crippen LogP contribution in [0.25, 0.3) is 5.57 Å². The number of benzene rings is 3. The van der Waals surface area contributed by atoms with Crippen molar-refractivity contribution in [3.8, 4) is 11.5 Å². The normalized spacial score (nSPS) is 15.8. The molecule has 3 aromatic carbocycles. The summed E-state index contributed by atoms with van der Waals surface area (Å²) >= 11 is 0. The van der Waals surface area contributed by atoms with E-state index in [1.165, 1.54) is 5.56 Å². The molecule has 5 nitrogen and oxygen atoms in total. The van der Waals surface area contributed by atoms with E-state index in [4.69, 9.17) is 18.9 Å². The van der Waals surface area contributed by atoms with Gasteiger partial charge in [-0.15, -0.1) is 0 Å². The van der Waals surface area contributed by atoms with Crippen LogP contribution in [0.1, 0.15) is 41.5 Å². The minimum atomic E-state index is -0.231. The molecule has 0 aromatic heterocycles. The lowest BCUT2D eigenvalue weighted by molar-refractivity contribution is -0.141. The minimum absolute atomic E-state index is 0.221. The van der Waals surface area contributed by atoms with E-state index in [9.17, 15) is 0 Å². The Hall–Kier alpha value is -3.35. The monoisotopic (exact) mass is 517 g/mol. The van der Waals surface area contributed by atoms with E-state index in [0.29, 0.717) is 24.0 Å². The molecular weight excluding hydrogens is 481 g/mol. The van der Waals surface area contributed by atoms with Crippen LogP contribution in [0.2, 0.25) is 0 Å². The molecule has 3 aromatic rings. The maximum absolute atomic E-state index is 15.6. The quantitative estimate of drug-likeness (QED) is 0.298. The summed E-state index contributed by atoms with van der Waals surface area (Å²) in [6, 6.07) is 19.8. The molecule has 6 heteroatoms. The smallest absolute Gasteiger partial charge is 0.159 e. The molecule has 0 amide bonds. The molecule has 200 valence electrons. The fourth-order valence-corrected chi connectivity index (χ4v) is 5.67. The standard InChI is InChI=1S/C32H36FNO4/c1-35-31-20-30(34-16-14-23(15-17-34)32(36-2)37-3)29(33)19-28(31)27-11-7-10-24-18-25(12-13-26(24)27)38-21-22-8-5-4-6-9-22/h4-6,8-9,11-13,18-20,23,32H,7,10,14-17,21H2,1-3H3. The first-order chi connectivity index (χ1) is 18.6. The molecule has 5 rings (SSSR count). The Balaban J connectivity index is 1.35. The molecule has 0 saturated carbocycles. The Labute approximate surface area is 224 Å². The molecule has 1 aliphatic carbocycles. The predicted octanol–water partition coefficient (Wildman–Crippen LogP) is 6.63. The van der Waals surface area contributed by atoms with Crippen molar-refractivity contribution in [2.45, 2.75) is 38.6 Å². The molecule has 0 atom stereocenters. The van der Waals surface area contributed by atoms with Crippen LogP contribution in [0.4, 0.5) is 10.1 Å². The molecule has 0 radical (unpaired) electrons. The van der Waals surface area contributed by atoms with Gasteiger partial charge in [-0.3, -0.25) is 0 Å².